The van der Waals surface area contributed by atoms with Crippen LogP contribution in [0.3, 0.4) is 0 Å². The van der Waals surface area contributed by atoms with Gasteiger partial charge >= 0.3 is 0 Å². The van der Waals surface area contributed by atoms with Crippen LogP contribution in [0.4, 0.5) is 0 Å². The van der Waals surface area contributed by atoms with E-state index in [2.05, 4.69) is 15.9 Å². The van der Waals surface area contributed by atoms with E-state index in [1.54, 1.807) is 43.5 Å². The lowest BCUT2D eigenvalue weighted by Crippen LogP contribution is -2.26. The number of rotatable bonds is 6. The molecule has 0 radical (unpaired) electrons. The fourth-order valence-corrected chi connectivity index (χ4v) is 2.61. The van der Waals surface area contributed by atoms with Crippen molar-refractivity contribution in [1.29, 1.82) is 0 Å². The SMILES string of the molecule is CCOc1c(Br)cc(C(=O)N(C)Cc2ccco2)cc1OC. The summed E-state index contributed by atoms with van der Waals surface area (Å²) in [6, 6.07) is 7.04. The molecular weight excluding hydrogens is 350 g/mol. The Kier molecular flexibility index (Phi) is 5.49. The fraction of sp³-hybridized carbons (Fsp3) is 0.312. The first-order valence-electron chi connectivity index (χ1n) is 6.85. The number of furan rings is 1. The monoisotopic (exact) mass is 367 g/mol. The molecule has 1 aromatic carbocycles. The molecule has 0 fully saturated rings. The number of hydrogen-bond donors (Lipinski definition) is 0. The van der Waals surface area contributed by atoms with E-state index in [1.165, 1.54) is 0 Å². The second kappa shape index (κ2) is 7.35. The van der Waals surface area contributed by atoms with Gasteiger partial charge in [-0.2, -0.15) is 0 Å². The standard InChI is InChI=1S/C16H18BrNO4/c1-4-21-15-13(17)8-11(9-14(15)20-3)16(19)18(2)10-12-6-5-7-22-12/h5-9H,4,10H2,1-3H3. The highest BCUT2D eigenvalue weighted by Gasteiger charge is 2.18. The Hall–Kier alpha value is -1.95. The van der Waals surface area contributed by atoms with Gasteiger partial charge in [-0.15, -0.1) is 0 Å². The molecule has 1 aromatic heterocycles. The number of carbonyl (C=O) groups is 1. The molecule has 2 aromatic rings. The van der Waals surface area contributed by atoms with Gasteiger partial charge in [0.2, 0.25) is 0 Å². The molecular formula is C16H18BrNO4. The van der Waals surface area contributed by atoms with Crippen LogP contribution in [0.25, 0.3) is 0 Å². The Morgan fingerprint density at radius 3 is 2.77 bits per heavy atom. The van der Waals surface area contributed by atoms with Crippen molar-refractivity contribution in [3.8, 4) is 11.5 Å². The molecule has 0 aliphatic rings. The Balaban J connectivity index is 2.24. The largest absolute Gasteiger partial charge is 0.493 e. The van der Waals surface area contributed by atoms with Gasteiger partial charge in [-0.3, -0.25) is 4.79 Å². The second-order valence-electron chi connectivity index (χ2n) is 4.66. The van der Waals surface area contributed by atoms with Gasteiger partial charge in [-0.1, -0.05) is 0 Å². The minimum absolute atomic E-state index is 0.126. The molecule has 118 valence electrons. The van der Waals surface area contributed by atoms with E-state index in [-0.39, 0.29) is 5.91 Å². The summed E-state index contributed by atoms with van der Waals surface area (Å²) in [5.74, 6) is 1.72. The normalized spacial score (nSPS) is 10.4. The predicted molar refractivity (Wildman–Crippen MR) is 86.4 cm³/mol. The summed E-state index contributed by atoms with van der Waals surface area (Å²) in [6.07, 6.45) is 1.59. The maximum Gasteiger partial charge on any atom is 0.254 e. The molecule has 0 N–H and O–H groups in total. The van der Waals surface area contributed by atoms with Crippen LogP contribution in [0.5, 0.6) is 11.5 Å². The number of halogens is 1. The molecule has 0 aliphatic carbocycles. The molecule has 0 saturated carbocycles. The van der Waals surface area contributed by atoms with Crippen molar-refractivity contribution in [1.82, 2.24) is 4.90 Å². The van der Waals surface area contributed by atoms with Crippen molar-refractivity contribution >= 4 is 21.8 Å². The highest BCUT2D eigenvalue weighted by Crippen LogP contribution is 2.37. The van der Waals surface area contributed by atoms with Gasteiger partial charge in [-0.25, -0.2) is 0 Å². The summed E-state index contributed by atoms with van der Waals surface area (Å²) in [5, 5.41) is 0. The average molecular weight is 368 g/mol. The number of ether oxygens (including phenoxy) is 2. The van der Waals surface area contributed by atoms with Crippen molar-refractivity contribution in [3.63, 3.8) is 0 Å². The molecule has 1 amide bonds. The van der Waals surface area contributed by atoms with E-state index >= 15 is 0 Å². The average Bonchev–Trinajstić information content (AvgIpc) is 3.01. The molecule has 1 heterocycles. The number of nitrogens with zero attached hydrogens (tertiary/aromatic N) is 1. The minimum atomic E-state index is -0.126. The number of carbonyl (C=O) groups excluding carboxylic acids is 1. The van der Waals surface area contributed by atoms with Gasteiger partial charge < -0.3 is 18.8 Å². The van der Waals surface area contributed by atoms with Crippen molar-refractivity contribution in [2.75, 3.05) is 20.8 Å². The highest BCUT2D eigenvalue weighted by atomic mass is 79.9. The third-order valence-corrected chi connectivity index (χ3v) is 3.67. The second-order valence-corrected chi connectivity index (χ2v) is 5.52. The van der Waals surface area contributed by atoms with Crippen LogP contribution in [0.1, 0.15) is 23.0 Å². The van der Waals surface area contributed by atoms with E-state index in [4.69, 9.17) is 13.9 Å². The molecule has 0 atom stereocenters. The Bertz CT molecular complexity index is 640. The molecule has 6 heteroatoms. The molecule has 0 unspecified atom stereocenters. The van der Waals surface area contributed by atoms with Gasteiger partial charge in [0, 0.05) is 12.6 Å². The lowest BCUT2D eigenvalue weighted by molar-refractivity contribution is 0.0775. The van der Waals surface area contributed by atoms with Crippen LogP contribution in [0.15, 0.2) is 39.4 Å². The molecule has 0 bridgehead atoms. The Labute approximate surface area is 137 Å². The van der Waals surface area contributed by atoms with Crippen LogP contribution < -0.4 is 9.47 Å². The maximum absolute atomic E-state index is 12.5. The van der Waals surface area contributed by atoms with Crippen LogP contribution >= 0.6 is 15.9 Å². The van der Waals surface area contributed by atoms with Crippen LogP contribution in [0.2, 0.25) is 0 Å². The molecule has 2 rings (SSSR count). The lowest BCUT2D eigenvalue weighted by Gasteiger charge is -2.18. The Morgan fingerprint density at radius 2 is 2.18 bits per heavy atom. The van der Waals surface area contributed by atoms with Gasteiger partial charge in [0.25, 0.3) is 5.91 Å². The predicted octanol–water partition coefficient (Wildman–Crippen LogP) is 3.72. The summed E-state index contributed by atoms with van der Waals surface area (Å²) in [7, 11) is 3.27. The van der Waals surface area contributed by atoms with E-state index in [1.807, 2.05) is 13.0 Å². The zero-order valence-electron chi connectivity index (χ0n) is 12.8. The van der Waals surface area contributed by atoms with E-state index in [9.17, 15) is 4.79 Å². The van der Waals surface area contributed by atoms with Crippen molar-refractivity contribution in [3.05, 3.63) is 46.3 Å². The molecule has 22 heavy (non-hydrogen) atoms. The van der Waals surface area contributed by atoms with Gasteiger partial charge in [0.1, 0.15) is 5.76 Å². The quantitative estimate of drug-likeness (QED) is 0.780. The van der Waals surface area contributed by atoms with Crippen molar-refractivity contribution < 1.29 is 18.7 Å². The Morgan fingerprint density at radius 1 is 1.41 bits per heavy atom. The summed E-state index contributed by atoms with van der Waals surface area (Å²) < 4.78 is 16.8. The van der Waals surface area contributed by atoms with Gasteiger partial charge in [-0.05, 0) is 47.1 Å². The number of amides is 1. The first-order valence-corrected chi connectivity index (χ1v) is 7.64. The van der Waals surface area contributed by atoms with Crippen molar-refractivity contribution in [2.45, 2.75) is 13.5 Å². The van der Waals surface area contributed by atoms with Crippen molar-refractivity contribution in [2.24, 2.45) is 0 Å². The fourth-order valence-electron chi connectivity index (χ4n) is 2.06. The number of hydrogen-bond acceptors (Lipinski definition) is 4. The van der Waals surface area contributed by atoms with E-state index in [0.717, 1.165) is 5.76 Å². The minimum Gasteiger partial charge on any atom is -0.493 e. The van der Waals surface area contributed by atoms with E-state index in [0.29, 0.717) is 34.7 Å². The smallest absolute Gasteiger partial charge is 0.254 e. The first kappa shape index (κ1) is 16.4. The molecule has 5 nitrogen and oxygen atoms in total. The lowest BCUT2D eigenvalue weighted by atomic mass is 10.1. The summed E-state index contributed by atoms with van der Waals surface area (Å²) in [6.45, 7) is 2.81. The molecule has 0 spiro atoms. The third kappa shape index (κ3) is 3.62. The first-order chi connectivity index (χ1) is 10.6. The van der Waals surface area contributed by atoms with Crippen LogP contribution in [-0.4, -0.2) is 31.6 Å². The van der Waals surface area contributed by atoms with E-state index < -0.39 is 0 Å². The van der Waals surface area contributed by atoms with Crippen LogP contribution in [0, 0.1) is 0 Å². The van der Waals surface area contributed by atoms with Gasteiger partial charge in [0.05, 0.1) is 31.0 Å². The third-order valence-electron chi connectivity index (χ3n) is 3.08. The summed E-state index contributed by atoms with van der Waals surface area (Å²) in [5.41, 5.74) is 0.515. The molecule has 0 saturated heterocycles. The highest BCUT2D eigenvalue weighted by molar-refractivity contribution is 9.10. The molecule has 0 aliphatic heterocycles. The zero-order chi connectivity index (χ0) is 16.1. The van der Waals surface area contributed by atoms with Crippen LogP contribution in [-0.2, 0) is 6.54 Å². The van der Waals surface area contributed by atoms with Gasteiger partial charge in [0.15, 0.2) is 11.5 Å². The number of methoxy groups -OCH3 is 1. The zero-order valence-corrected chi connectivity index (χ0v) is 14.3. The summed E-state index contributed by atoms with van der Waals surface area (Å²) >= 11 is 3.42. The maximum atomic E-state index is 12.5. The topological polar surface area (TPSA) is 51.9 Å². The number of benzene rings is 1. The summed E-state index contributed by atoms with van der Waals surface area (Å²) in [4.78, 5) is 14.1.